The molecule has 2 aliphatic heterocycles. The molecular formula is C32H23BO2. The Kier molecular flexibility index (Phi) is 3.52. The zero-order valence-electron chi connectivity index (χ0n) is 20.0. The Hall–Kier alpha value is -3.98. The van der Waals surface area contributed by atoms with Crippen LogP contribution in [0.4, 0.5) is 0 Å². The largest absolute Gasteiger partial charge is 0.458 e. The van der Waals surface area contributed by atoms with Crippen molar-refractivity contribution in [2.24, 2.45) is 0 Å². The smallest absolute Gasteiger partial charge is 0.252 e. The third-order valence-corrected chi connectivity index (χ3v) is 7.89. The SMILES string of the molecule is CC(C)(C)c1ccc2c(c1)B1c3c(cccc3-c3cccc4c3c1cc1c3ccccc3oc41)O2. The molecule has 5 aromatic carbocycles. The van der Waals surface area contributed by atoms with Gasteiger partial charge in [-0.1, -0.05) is 93.0 Å². The number of benzene rings is 5. The van der Waals surface area contributed by atoms with Crippen LogP contribution in [0.1, 0.15) is 26.3 Å². The van der Waals surface area contributed by atoms with Crippen LogP contribution in [0.15, 0.2) is 89.3 Å². The summed E-state index contributed by atoms with van der Waals surface area (Å²) < 4.78 is 13.0. The van der Waals surface area contributed by atoms with E-state index in [1.165, 1.54) is 54.6 Å². The molecule has 0 fully saturated rings. The Balaban J connectivity index is 1.56. The fraction of sp³-hybridized carbons (Fsp3) is 0.125. The summed E-state index contributed by atoms with van der Waals surface area (Å²) in [5.41, 5.74) is 9.67. The first-order valence-corrected chi connectivity index (χ1v) is 12.3. The van der Waals surface area contributed by atoms with Gasteiger partial charge >= 0.3 is 0 Å². The number of ether oxygens (including phenoxy) is 1. The van der Waals surface area contributed by atoms with Gasteiger partial charge in [-0.05, 0) is 56.6 Å². The molecule has 0 aliphatic carbocycles. The lowest BCUT2D eigenvalue weighted by atomic mass is 9.32. The average Bonchev–Trinajstić information content (AvgIpc) is 3.24. The summed E-state index contributed by atoms with van der Waals surface area (Å²) >= 11 is 0. The topological polar surface area (TPSA) is 22.4 Å². The van der Waals surface area contributed by atoms with Crippen LogP contribution in [-0.2, 0) is 5.41 Å². The second-order valence-corrected chi connectivity index (χ2v) is 10.9. The van der Waals surface area contributed by atoms with E-state index in [1.807, 2.05) is 6.07 Å². The zero-order chi connectivity index (χ0) is 23.5. The highest BCUT2D eigenvalue weighted by atomic mass is 16.5. The van der Waals surface area contributed by atoms with E-state index in [0.717, 1.165) is 22.7 Å². The van der Waals surface area contributed by atoms with Crippen molar-refractivity contribution >= 4 is 55.8 Å². The zero-order valence-corrected chi connectivity index (χ0v) is 20.0. The maximum atomic E-state index is 6.53. The number of furan rings is 1. The number of fused-ring (bicyclic) bond motifs is 8. The molecule has 8 rings (SSSR count). The van der Waals surface area contributed by atoms with Crippen molar-refractivity contribution in [1.29, 1.82) is 0 Å². The standard InChI is InChI=1S/C32H23BO2/c1-32(2,3)18-14-15-27-24(16-18)33-25-17-23-19-8-4-5-12-26(19)35-31(23)22-11-6-9-20(29(22)25)21-10-7-13-28(34-27)30(21)33/h4-17H,1-3H3. The predicted molar refractivity (Wildman–Crippen MR) is 147 cm³/mol. The van der Waals surface area contributed by atoms with E-state index >= 15 is 0 Å². The number of rotatable bonds is 0. The normalized spacial score (nSPS) is 13.7. The number of hydrogen-bond donors (Lipinski definition) is 0. The van der Waals surface area contributed by atoms with Crippen LogP contribution in [0.5, 0.6) is 11.5 Å². The summed E-state index contributed by atoms with van der Waals surface area (Å²) in [7, 11) is 0. The van der Waals surface area contributed by atoms with Crippen LogP contribution in [0.3, 0.4) is 0 Å². The Morgan fingerprint density at radius 3 is 2.34 bits per heavy atom. The van der Waals surface area contributed by atoms with E-state index in [2.05, 4.69) is 99.6 Å². The molecule has 0 saturated heterocycles. The molecule has 0 N–H and O–H groups in total. The first-order valence-electron chi connectivity index (χ1n) is 12.3. The summed E-state index contributed by atoms with van der Waals surface area (Å²) in [6.45, 7) is 6.93. The van der Waals surface area contributed by atoms with E-state index < -0.39 is 0 Å². The van der Waals surface area contributed by atoms with Crippen LogP contribution >= 0.6 is 0 Å². The van der Waals surface area contributed by atoms with Crippen molar-refractivity contribution in [2.75, 3.05) is 0 Å². The highest BCUT2D eigenvalue weighted by Gasteiger charge is 2.40. The van der Waals surface area contributed by atoms with Gasteiger partial charge in [0.1, 0.15) is 22.7 Å². The van der Waals surface area contributed by atoms with E-state index in [1.54, 1.807) is 0 Å². The van der Waals surface area contributed by atoms with Gasteiger partial charge in [-0.3, -0.25) is 0 Å². The molecule has 0 radical (unpaired) electrons. The van der Waals surface area contributed by atoms with Crippen molar-refractivity contribution in [3.8, 4) is 22.6 Å². The van der Waals surface area contributed by atoms with Crippen molar-refractivity contribution < 1.29 is 9.15 Å². The number of hydrogen-bond acceptors (Lipinski definition) is 2. The lowest BCUT2D eigenvalue weighted by molar-refractivity contribution is 0.486. The fourth-order valence-corrected chi connectivity index (χ4v) is 6.24. The van der Waals surface area contributed by atoms with Gasteiger partial charge in [0.25, 0.3) is 6.71 Å². The van der Waals surface area contributed by atoms with Gasteiger partial charge in [0.15, 0.2) is 0 Å². The summed E-state index contributed by atoms with van der Waals surface area (Å²) in [5.74, 6) is 1.92. The molecule has 1 aromatic heterocycles. The van der Waals surface area contributed by atoms with Crippen LogP contribution in [0.25, 0.3) is 43.8 Å². The molecule has 6 aromatic rings. The molecule has 35 heavy (non-hydrogen) atoms. The lowest BCUT2D eigenvalue weighted by Crippen LogP contribution is -2.57. The predicted octanol–water partition coefficient (Wildman–Crippen LogP) is 6.64. The lowest BCUT2D eigenvalue weighted by Gasteiger charge is -2.34. The minimum absolute atomic E-state index is 0.0570. The summed E-state index contributed by atoms with van der Waals surface area (Å²) in [6.07, 6.45) is 0. The second-order valence-electron chi connectivity index (χ2n) is 10.9. The van der Waals surface area contributed by atoms with Crippen molar-refractivity contribution in [3.05, 3.63) is 90.5 Å². The third-order valence-electron chi connectivity index (χ3n) is 7.89. The molecule has 166 valence electrons. The minimum Gasteiger partial charge on any atom is -0.458 e. The van der Waals surface area contributed by atoms with Gasteiger partial charge in [-0.25, -0.2) is 0 Å². The Morgan fingerprint density at radius 2 is 1.46 bits per heavy atom. The first kappa shape index (κ1) is 19.3. The molecule has 3 heterocycles. The molecule has 0 spiro atoms. The van der Waals surface area contributed by atoms with Crippen LogP contribution in [-0.4, -0.2) is 6.71 Å². The monoisotopic (exact) mass is 450 g/mol. The fourth-order valence-electron chi connectivity index (χ4n) is 6.24. The van der Waals surface area contributed by atoms with Gasteiger partial charge in [-0.2, -0.15) is 0 Å². The third kappa shape index (κ3) is 2.45. The van der Waals surface area contributed by atoms with Crippen molar-refractivity contribution in [2.45, 2.75) is 26.2 Å². The molecule has 2 nitrogen and oxygen atoms in total. The van der Waals surface area contributed by atoms with Crippen LogP contribution in [0, 0.1) is 0 Å². The maximum absolute atomic E-state index is 6.53. The Morgan fingerprint density at radius 1 is 0.657 bits per heavy atom. The molecule has 2 aliphatic rings. The Bertz CT molecular complexity index is 1870. The van der Waals surface area contributed by atoms with Gasteiger partial charge in [0, 0.05) is 16.2 Å². The van der Waals surface area contributed by atoms with Crippen molar-refractivity contribution in [3.63, 3.8) is 0 Å². The molecule has 0 unspecified atom stereocenters. The highest BCUT2D eigenvalue weighted by Crippen LogP contribution is 2.41. The molecular weight excluding hydrogens is 427 g/mol. The quantitative estimate of drug-likeness (QED) is 0.242. The van der Waals surface area contributed by atoms with Gasteiger partial charge in [-0.15, -0.1) is 0 Å². The second kappa shape index (κ2) is 6.37. The summed E-state index contributed by atoms with van der Waals surface area (Å²) in [4.78, 5) is 0. The number of para-hydroxylation sites is 1. The van der Waals surface area contributed by atoms with Gasteiger partial charge in [0.2, 0.25) is 0 Å². The maximum Gasteiger partial charge on any atom is 0.252 e. The van der Waals surface area contributed by atoms with Crippen molar-refractivity contribution in [1.82, 2.24) is 0 Å². The minimum atomic E-state index is 0.0570. The van der Waals surface area contributed by atoms with Crippen LogP contribution in [0.2, 0.25) is 0 Å². The molecule has 0 bridgehead atoms. The van der Waals surface area contributed by atoms with Gasteiger partial charge in [0.05, 0.1) is 0 Å². The first-order chi connectivity index (χ1) is 17.0. The molecule has 0 atom stereocenters. The molecule has 0 amide bonds. The average molecular weight is 450 g/mol. The van der Waals surface area contributed by atoms with Crippen LogP contribution < -0.4 is 21.1 Å². The van der Waals surface area contributed by atoms with E-state index in [-0.39, 0.29) is 12.1 Å². The Labute approximate surface area is 204 Å². The summed E-state index contributed by atoms with van der Waals surface area (Å²) in [6, 6.07) is 30.6. The molecule has 0 saturated carbocycles. The van der Waals surface area contributed by atoms with E-state index in [0.29, 0.717) is 0 Å². The van der Waals surface area contributed by atoms with E-state index in [4.69, 9.17) is 9.15 Å². The van der Waals surface area contributed by atoms with E-state index in [9.17, 15) is 0 Å². The summed E-state index contributed by atoms with van der Waals surface area (Å²) in [5, 5.41) is 4.83. The molecule has 3 heteroatoms. The van der Waals surface area contributed by atoms with Gasteiger partial charge < -0.3 is 9.15 Å². The highest BCUT2D eigenvalue weighted by molar-refractivity contribution is 7.00.